The Morgan fingerprint density at radius 2 is 1.87 bits per heavy atom. The van der Waals surface area contributed by atoms with E-state index in [1.807, 2.05) is 30.3 Å². The minimum Gasteiger partial charge on any atom is -0.422 e. The van der Waals surface area contributed by atoms with Gasteiger partial charge in [0, 0.05) is 35.8 Å². The third kappa shape index (κ3) is 3.20. The molecule has 0 spiro atoms. The number of nitrogens with zero attached hydrogens (tertiary/aromatic N) is 3. The summed E-state index contributed by atoms with van der Waals surface area (Å²) < 4.78 is 7.08. The lowest BCUT2D eigenvalue weighted by atomic mass is 10.1. The summed E-state index contributed by atoms with van der Waals surface area (Å²) >= 11 is 0. The molecule has 6 nitrogen and oxygen atoms in total. The van der Waals surface area contributed by atoms with E-state index in [1.165, 1.54) is 4.57 Å². The molecule has 0 amide bonds. The molecule has 0 aliphatic carbocycles. The van der Waals surface area contributed by atoms with Gasteiger partial charge in [-0.25, -0.2) is 9.78 Å². The standard InChI is InChI=1S/C24H23N3O3/c1-5-26(6-2)17-12-11-16-13-18(24(29)30-21(16)14-17)22-25-19-9-7-8-10-20(19)27(22)23(28)15(3)4/h7-14H,3,5-6H2,1-2,4H3. The maximum atomic E-state index is 12.9. The molecule has 0 bridgehead atoms. The maximum absolute atomic E-state index is 12.9. The Hall–Kier alpha value is -3.67. The summed E-state index contributed by atoms with van der Waals surface area (Å²) in [6.07, 6.45) is 0. The first kappa shape index (κ1) is 19.6. The minimum absolute atomic E-state index is 0.240. The van der Waals surface area contributed by atoms with Crippen molar-refractivity contribution >= 4 is 33.6 Å². The first-order valence-electron chi connectivity index (χ1n) is 9.95. The van der Waals surface area contributed by atoms with Crippen LogP contribution in [0.25, 0.3) is 33.4 Å². The lowest BCUT2D eigenvalue weighted by molar-refractivity contribution is 0.0962. The number of carbonyl (C=O) groups is 1. The van der Waals surface area contributed by atoms with Crippen LogP contribution in [0.2, 0.25) is 0 Å². The monoisotopic (exact) mass is 401 g/mol. The Morgan fingerprint density at radius 3 is 2.57 bits per heavy atom. The molecular formula is C24H23N3O3. The first-order valence-corrected chi connectivity index (χ1v) is 9.95. The number of hydrogen-bond donors (Lipinski definition) is 0. The number of hydrogen-bond acceptors (Lipinski definition) is 5. The third-order valence-electron chi connectivity index (χ3n) is 5.22. The van der Waals surface area contributed by atoms with Gasteiger partial charge in [-0.05, 0) is 51.1 Å². The zero-order chi connectivity index (χ0) is 21.4. The zero-order valence-electron chi connectivity index (χ0n) is 17.3. The predicted molar refractivity (Wildman–Crippen MR) is 120 cm³/mol. The van der Waals surface area contributed by atoms with E-state index in [0.717, 1.165) is 24.2 Å². The molecule has 0 atom stereocenters. The molecule has 0 N–H and O–H groups in total. The van der Waals surface area contributed by atoms with E-state index in [4.69, 9.17) is 4.42 Å². The van der Waals surface area contributed by atoms with Crippen molar-refractivity contribution in [3.8, 4) is 11.4 Å². The van der Waals surface area contributed by atoms with Gasteiger partial charge in [-0.15, -0.1) is 0 Å². The van der Waals surface area contributed by atoms with E-state index in [0.29, 0.717) is 22.2 Å². The molecule has 0 fully saturated rings. The van der Waals surface area contributed by atoms with Crippen molar-refractivity contribution in [2.45, 2.75) is 20.8 Å². The second-order valence-electron chi connectivity index (χ2n) is 7.19. The van der Waals surface area contributed by atoms with Crippen LogP contribution in [0.4, 0.5) is 5.69 Å². The molecular weight excluding hydrogens is 378 g/mol. The number of para-hydroxylation sites is 2. The van der Waals surface area contributed by atoms with E-state index in [9.17, 15) is 9.59 Å². The molecule has 0 radical (unpaired) electrons. The highest BCUT2D eigenvalue weighted by Crippen LogP contribution is 2.28. The lowest BCUT2D eigenvalue weighted by Gasteiger charge is -2.21. The molecule has 0 saturated heterocycles. The molecule has 30 heavy (non-hydrogen) atoms. The Morgan fingerprint density at radius 1 is 1.13 bits per heavy atom. The van der Waals surface area contributed by atoms with Crippen LogP contribution in [0, 0.1) is 0 Å². The summed E-state index contributed by atoms with van der Waals surface area (Å²) in [5.74, 6) is -0.0530. The fourth-order valence-corrected chi connectivity index (χ4v) is 3.64. The highest BCUT2D eigenvalue weighted by molar-refractivity contribution is 6.03. The van der Waals surface area contributed by atoms with Gasteiger partial charge < -0.3 is 9.32 Å². The molecule has 2 aromatic heterocycles. The van der Waals surface area contributed by atoms with Crippen molar-refractivity contribution in [2.24, 2.45) is 0 Å². The maximum Gasteiger partial charge on any atom is 0.347 e. The molecule has 4 rings (SSSR count). The molecule has 0 saturated carbocycles. The summed E-state index contributed by atoms with van der Waals surface area (Å²) in [6, 6.07) is 14.8. The molecule has 0 unspecified atom stereocenters. The summed E-state index contributed by atoms with van der Waals surface area (Å²) in [5.41, 5.74) is 2.80. The largest absolute Gasteiger partial charge is 0.422 e. The summed E-state index contributed by atoms with van der Waals surface area (Å²) in [5, 5.41) is 0.766. The number of anilines is 1. The molecule has 152 valence electrons. The van der Waals surface area contributed by atoms with Gasteiger partial charge in [0.25, 0.3) is 5.91 Å². The molecule has 0 aliphatic heterocycles. The van der Waals surface area contributed by atoms with Crippen LogP contribution in [-0.2, 0) is 0 Å². The van der Waals surface area contributed by atoms with Gasteiger partial charge >= 0.3 is 5.63 Å². The Labute approximate surface area is 174 Å². The van der Waals surface area contributed by atoms with Gasteiger partial charge in [0.05, 0.1) is 11.0 Å². The zero-order valence-corrected chi connectivity index (χ0v) is 17.3. The minimum atomic E-state index is -0.537. The second kappa shape index (κ2) is 7.63. The summed E-state index contributed by atoms with van der Waals surface area (Å²) in [6.45, 7) is 11.3. The Balaban J connectivity index is 1.95. The van der Waals surface area contributed by atoms with Crippen LogP contribution in [0.1, 0.15) is 25.6 Å². The van der Waals surface area contributed by atoms with Gasteiger partial charge in [0.15, 0.2) is 5.82 Å². The number of fused-ring (bicyclic) bond motifs is 2. The molecule has 6 heteroatoms. The number of allylic oxidation sites excluding steroid dienone is 1. The molecule has 4 aromatic rings. The quantitative estimate of drug-likeness (QED) is 0.352. The van der Waals surface area contributed by atoms with E-state index < -0.39 is 5.63 Å². The average molecular weight is 401 g/mol. The fraction of sp³-hybridized carbons (Fsp3) is 0.208. The van der Waals surface area contributed by atoms with Crippen molar-refractivity contribution in [3.05, 3.63) is 71.1 Å². The number of imidazole rings is 1. The van der Waals surface area contributed by atoms with E-state index >= 15 is 0 Å². The van der Waals surface area contributed by atoms with Crippen LogP contribution in [0.3, 0.4) is 0 Å². The second-order valence-corrected chi connectivity index (χ2v) is 7.19. The molecule has 0 aliphatic rings. The molecule has 2 heterocycles. The van der Waals surface area contributed by atoms with Crippen LogP contribution in [0.15, 0.2) is 69.9 Å². The van der Waals surface area contributed by atoms with Gasteiger partial charge in [-0.2, -0.15) is 0 Å². The van der Waals surface area contributed by atoms with Crippen LogP contribution < -0.4 is 10.5 Å². The number of benzene rings is 2. The lowest BCUT2D eigenvalue weighted by Crippen LogP contribution is -2.21. The smallest absolute Gasteiger partial charge is 0.347 e. The topological polar surface area (TPSA) is 68.3 Å². The van der Waals surface area contributed by atoms with Gasteiger partial charge in [0.2, 0.25) is 0 Å². The predicted octanol–water partition coefficient (Wildman–Crippen LogP) is 4.87. The van der Waals surface area contributed by atoms with Crippen LogP contribution in [-0.4, -0.2) is 28.5 Å². The Bertz CT molecular complexity index is 1340. The number of carbonyl (C=O) groups excluding carboxylic acids is 1. The van der Waals surface area contributed by atoms with Crippen molar-refractivity contribution in [2.75, 3.05) is 18.0 Å². The molecule has 2 aromatic carbocycles. The van der Waals surface area contributed by atoms with E-state index in [-0.39, 0.29) is 17.3 Å². The first-order chi connectivity index (χ1) is 14.4. The van der Waals surface area contributed by atoms with Gasteiger partial charge in [-0.3, -0.25) is 9.36 Å². The summed E-state index contributed by atoms with van der Waals surface area (Å²) in [7, 11) is 0. The third-order valence-corrected chi connectivity index (χ3v) is 5.22. The van der Waals surface area contributed by atoms with Crippen molar-refractivity contribution in [1.82, 2.24) is 9.55 Å². The SMILES string of the molecule is C=C(C)C(=O)n1c(-c2cc3ccc(N(CC)CC)cc3oc2=O)nc2ccccc21. The number of rotatable bonds is 5. The van der Waals surface area contributed by atoms with Crippen molar-refractivity contribution < 1.29 is 9.21 Å². The van der Waals surface area contributed by atoms with E-state index in [1.54, 1.807) is 25.1 Å². The van der Waals surface area contributed by atoms with E-state index in [2.05, 4.69) is 30.3 Å². The number of aromatic nitrogens is 2. The highest BCUT2D eigenvalue weighted by Gasteiger charge is 2.22. The fourth-order valence-electron chi connectivity index (χ4n) is 3.64. The van der Waals surface area contributed by atoms with Crippen LogP contribution in [0.5, 0.6) is 0 Å². The van der Waals surface area contributed by atoms with Gasteiger partial charge in [-0.1, -0.05) is 18.7 Å². The Kier molecular flexibility index (Phi) is 4.99. The van der Waals surface area contributed by atoms with Crippen LogP contribution >= 0.6 is 0 Å². The normalized spacial score (nSPS) is 11.2. The average Bonchev–Trinajstić information content (AvgIpc) is 3.12. The summed E-state index contributed by atoms with van der Waals surface area (Å²) in [4.78, 5) is 32.5. The van der Waals surface area contributed by atoms with Crippen molar-refractivity contribution in [1.29, 1.82) is 0 Å². The van der Waals surface area contributed by atoms with Gasteiger partial charge in [0.1, 0.15) is 11.1 Å². The highest BCUT2D eigenvalue weighted by atomic mass is 16.4. The van der Waals surface area contributed by atoms with Crippen molar-refractivity contribution in [3.63, 3.8) is 0 Å².